The standard InChI is InChI=1S/C16H11ClN2O3/c1-10-9-11(4-5-13(10)17)22-15-7-6-14(19(20)21)12-3-2-8-18-16(12)15/h2-9H,1H3. The van der Waals surface area contributed by atoms with E-state index in [4.69, 9.17) is 16.3 Å². The maximum atomic E-state index is 11.1. The van der Waals surface area contributed by atoms with Crippen molar-refractivity contribution in [2.75, 3.05) is 0 Å². The molecule has 110 valence electrons. The first-order chi connectivity index (χ1) is 10.6. The zero-order valence-corrected chi connectivity index (χ0v) is 12.4. The number of benzene rings is 2. The number of rotatable bonds is 3. The molecular formula is C16H11ClN2O3. The maximum Gasteiger partial charge on any atom is 0.279 e. The monoisotopic (exact) mass is 314 g/mol. The van der Waals surface area contributed by atoms with Crippen molar-refractivity contribution in [1.29, 1.82) is 0 Å². The van der Waals surface area contributed by atoms with Crippen molar-refractivity contribution in [2.45, 2.75) is 6.92 Å². The van der Waals surface area contributed by atoms with Gasteiger partial charge in [-0.3, -0.25) is 15.1 Å². The van der Waals surface area contributed by atoms with E-state index in [9.17, 15) is 10.1 Å². The van der Waals surface area contributed by atoms with E-state index in [-0.39, 0.29) is 5.69 Å². The number of hydrogen-bond acceptors (Lipinski definition) is 4. The van der Waals surface area contributed by atoms with Crippen LogP contribution in [0.1, 0.15) is 5.56 Å². The smallest absolute Gasteiger partial charge is 0.279 e. The van der Waals surface area contributed by atoms with E-state index in [1.165, 1.54) is 6.07 Å². The number of aromatic nitrogens is 1. The minimum absolute atomic E-state index is 0.00253. The van der Waals surface area contributed by atoms with E-state index in [2.05, 4.69) is 4.98 Å². The molecule has 0 radical (unpaired) electrons. The number of nitro groups is 1. The molecule has 3 rings (SSSR count). The van der Waals surface area contributed by atoms with Crippen LogP contribution in [-0.2, 0) is 0 Å². The van der Waals surface area contributed by atoms with E-state index in [1.807, 2.05) is 6.92 Å². The van der Waals surface area contributed by atoms with Crippen molar-refractivity contribution in [3.63, 3.8) is 0 Å². The number of nitro benzene ring substituents is 1. The van der Waals surface area contributed by atoms with Crippen LogP contribution in [0.3, 0.4) is 0 Å². The van der Waals surface area contributed by atoms with E-state index in [0.29, 0.717) is 27.4 Å². The van der Waals surface area contributed by atoms with Gasteiger partial charge in [0, 0.05) is 17.3 Å². The van der Waals surface area contributed by atoms with Crippen LogP contribution in [-0.4, -0.2) is 9.91 Å². The molecule has 1 aromatic heterocycles. The number of ether oxygens (including phenoxy) is 1. The predicted octanol–water partition coefficient (Wildman–Crippen LogP) is 4.90. The quantitative estimate of drug-likeness (QED) is 0.509. The van der Waals surface area contributed by atoms with Gasteiger partial charge >= 0.3 is 0 Å². The molecule has 2 aromatic carbocycles. The highest BCUT2D eigenvalue weighted by atomic mass is 35.5. The zero-order chi connectivity index (χ0) is 15.7. The summed E-state index contributed by atoms with van der Waals surface area (Å²) >= 11 is 5.99. The average Bonchev–Trinajstić information content (AvgIpc) is 2.51. The first kappa shape index (κ1) is 14.3. The van der Waals surface area contributed by atoms with Crippen LogP contribution in [0.25, 0.3) is 10.9 Å². The first-order valence-corrected chi connectivity index (χ1v) is 6.90. The number of hydrogen-bond donors (Lipinski definition) is 0. The lowest BCUT2D eigenvalue weighted by molar-refractivity contribution is -0.383. The molecule has 0 amide bonds. The summed E-state index contributed by atoms with van der Waals surface area (Å²) in [6.07, 6.45) is 1.58. The van der Waals surface area contributed by atoms with Gasteiger partial charge in [-0.15, -0.1) is 0 Å². The van der Waals surface area contributed by atoms with Crippen LogP contribution >= 0.6 is 11.6 Å². The highest BCUT2D eigenvalue weighted by molar-refractivity contribution is 6.31. The minimum Gasteiger partial charge on any atom is -0.455 e. The molecule has 3 aromatic rings. The predicted molar refractivity (Wildman–Crippen MR) is 84.7 cm³/mol. The molecule has 0 spiro atoms. The fourth-order valence-electron chi connectivity index (χ4n) is 2.18. The van der Waals surface area contributed by atoms with Crippen molar-refractivity contribution in [3.8, 4) is 11.5 Å². The molecule has 0 unspecified atom stereocenters. The Kier molecular flexibility index (Phi) is 3.65. The van der Waals surface area contributed by atoms with E-state index in [1.54, 1.807) is 42.6 Å². The second kappa shape index (κ2) is 5.61. The molecule has 0 bridgehead atoms. The SMILES string of the molecule is Cc1cc(Oc2ccc([N+](=O)[O-])c3cccnc23)ccc1Cl. The summed E-state index contributed by atoms with van der Waals surface area (Å²) in [5, 5.41) is 12.2. The molecule has 22 heavy (non-hydrogen) atoms. The van der Waals surface area contributed by atoms with Crippen LogP contribution in [0.5, 0.6) is 11.5 Å². The molecule has 0 saturated carbocycles. The number of fused-ring (bicyclic) bond motifs is 1. The minimum atomic E-state index is -0.430. The largest absolute Gasteiger partial charge is 0.455 e. The third-order valence-electron chi connectivity index (χ3n) is 3.26. The van der Waals surface area contributed by atoms with Crippen molar-refractivity contribution in [3.05, 3.63) is 69.4 Å². The molecule has 5 nitrogen and oxygen atoms in total. The summed E-state index contributed by atoms with van der Waals surface area (Å²) in [6, 6.07) is 11.6. The van der Waals surface area contributed by atoms with Gasteiger partial charge in [0.05, 0.1) is 10.3 Å². The molecule has 1 heterocycles. The summed E-state index contributed by atoms with van der Waals surface area (Å²) < 4.78 is 5.82. The van der Waals surface area contributed by atoms with Crippen molar-refractivity contribution in [2.24, 2.45) is 0 Å². The summed E-state index contributed by atoms with van der Waals surface area (Å²) in [7, 11) is 0. The van der Waals surface area contributed by atoms with E-state index in [0.717, 1.165) is 5.56 Å². The van der Waals surface area contributed by atoms with Gasteiger partial charge in [-0.05, 0) is 48.9 Å². The van der Waals surface area contributed by atoms with Crippen molar-refractivity contribution in [1.82, 2.24) is 4.98 Å². The van der Waals surface area contributed by atoms with Gasteiger partial charge in [0.2, 0.25) is 0 Å². The Labute approximate surface area is 131 Å². The number of pyridine rings is 1. The number of non-ortho nitro benzene ring substituents is 1. The molecule has 0 N–H and O–H groups in total. The van der Waals surface area contributed by atoms with Crippen LogP contribution in [0, 0.1) is 17.0 Å². The van der Waals surface area contributed by atoms with Gasteiger partial charge in [-0.25, -0.2) is 0 Å². The molecule has 0 atom stereocenters. The fraction of sp³-hybridized carbons (Fsp3) is 0.0625. The summed E-state index contributed by atoms with van der Waals surface area (Å²) in [4.78, 5) is 14.9. The summed E-state index contributed by atoms with van der Waals surface area (Å²) in [6.45, 7) is 1.88. The third kappa shape index (κ3) is 2.58. The number of aryl methyl sites for hydroxylation is 1. The summed E-state index contributed by atoms with van der Waals surface area (Å²) in [5.41, 5.74) is 1.34. The Balaban J connectivity index is 2.10. The van der Waals surface area contributed by atoms with Gasteiger partial charge < -0.3 is 4.74 Å². The number of halogens is 1. The molecular weight excluding hydrogens is 304 g/mol. The van der Waals surface area contributed by atoms with Crippen LogP contribution in [0.2, 0.25) is 5.02 Å². The Morgan fingerprint density at radius 2 is 2.05 bits per heavy atom. The lowest BCUT2D eigenvalue weighted by Gasteiger charge is -2.09. The molecule has 0 fully saturated rings. The van der Waals surface area contributed by atoms with Gasteiger partial charge in [0.1, 0.15) is 11.3 Å². The normalized spacial score (nSPS) is 10.6. The lowest BCUT2D eigenvalue weighted by Crippen LogP contribution is -1.93. The van der Waals surface area contributed by atoms with Crippen LogP contribution < -0.4 is 4.74 Å². The second-order valence-corrected chi connectivity index (χ2v) is 5.16. The molecule has 0 aliphatic carbocycles. The van der Waals surface area contributed by atoms with Crippen molar-refractivity contribution >= 4 is 28.2 Å². The topological polar surface area (TPSA) is 65.3 Å². The molecule has 0 aliphatic heterocycles. The maximum absolute atomic E-state index is 11.1. The van der Waals surface area contributed by atoms with Gasteiger partial charge in [0.15, 0.2) is 5.75 Å². The van der Waals surface area contributed by atoms with E-state index < -0.39 is 4.92 Å². The lowest BCUT2D eigenvalue weighted by atomic mass is 10.1. The average molecular weight is 315 g/mol. The zero-order valence-electron chi connectivity index (χ0n) is 11.6. The molecule has 0 saturated heterocycles. The van der Waals surface area contributed by atoms with Crippen LogP contribution in [0.4, 0.5) is 5.69 Å². The Hall–Kier alpha value is -2.66. The fourth-order valence-corrected chi connectivity index (χ4v) is 2.30. The van der Waals surface area contributed by atoms with Gasteiger partial charge in [-0.1, -0.05) is 11.6 Å². The van der Waals surface area contributed by atoms with Crippen molar-refractivity contribution < 1.29 is 9.66 Å². The number of nitrogens with zero attached hydrogens (tertiary/aromatic N) is 2. The first-order valence-electron chi connectivity index (χ1n) is 6.52. The van der Waals surface area contributed by atoms with E-state index >= 15 is 0 Å². The Bertz CT molecular complexity index is 880. The second-order valence-electron chi connectivity index (χ2n) is 4.75. The molecule has 0 aliphatic rings. The highest BCUT2D eigenvalue weighted by Gasteiger charge is 2.16. The highest BCUT2D eigenvalue weighted by Crippen LogP contribution is 2.34. The van der Waals surface area contributed by atoms with Gasteiger partial charge in [-0.2, -0.15) is 0 Å². The molecule has 6 heteroatoms. The third-order valence-corrected chi connectivity index (χ3v) is 3.69. The van der Waals surface area contributed by atoms with Gasteiger partial charge in [0.25, 0.3) is 5.69 Å². The Morgan fingerprint density at radius 1 is 1.23 bits per heavy atom. The van der Waals surface area contributed by atoms with Crippen LogP contribution in [0.15, 0.2) is 48.7 Å². The Morgan fingerprint density at radius 3 is 2.77 bits per heavy atom. The summed E-state index contributed by atoms with van der Waals surface area (Å²) in [5.74, 6) is 1.06.